The third-order valence-corrected chi connectivity index (χ3v) is 3.10. The van der Waals surface area contributed by atoms with Gasteiger partial charge in [0.15, 0.2) is 0 Å². The normalized spacial score (nSPS) is 15.6. The Labute approximate surface area is 109 Å². The van der Waals surface area contributed by atoms with Gasteiger partial charge in [0.2, 0.25) is 0 Å². The largest absolute Gasteiger partial charge is 0.314 e. The Morgan fingerprint density at radius 1 is 1.29 bits per heavy atom. The van der Waals surface area contributed by atoms with Crippen LogP contribution in [0.4, 0.5) is 0 Å². The van der Waals surface area contributed by atoms with Crippen molar-refractivity contribution in [3.8, 4) is 0 Å². The monoisotopic (exact) mass is 239 g/mol. The van der Waals surface area contributed by atoms with E-state index in [-0.39, 0.29) is 0 Å². The Morgan fingerprint density at radius 3 is 2.41 bits per heavy atom. The van der Waals surface area contributed by atoms with E-state index < -0.39 is 0 Å². The quantitative estimate of drug-likeness (QED) is 0.451. The van der Waals surface area contributed by atoms with Crippen molar-refractivity contribution in [2.75, 3.05) is 6.54 Å². The fraction of sp³-hybridized carbons (Fsp3) is 0.875. The molecular weight excluding hydrogens is 206 g/mol. The summed E-state index contributed by atoms with van der Waals surface area (Å²) in [7, 11) is 0. The van der Waals surface area contributed by atoms with Gasteiger partial charge in [-0.15, -0.1) is 6.58 Å². The molecule has 1 heteroatoms. The maximum Gasteiger partial charge on any atom is 0.00695 e. The molecule has 17 heavy (non-hydrogen) atoms. The van der Waals surface area contributed by atoms with Crippen LogP contribution >= 0.6 is 0 Å². The van der Waals surface area contributed by atoms with Gasteiger partial charge in [-0.3, -0.25) is 0 Å². The lowest BCUT2D eigenvalue weighted by molar-refractivity contribution is 0.270. The van der Waals surface area contributed by atoms with Gasteiger partial charge in [-0.05, 0) is 50.0 Å². The van der Waals surface area contributed by atoms with E-state index in [4.69, 9.17) is 0 Å². The third-order valence-electron chi connectivity index (χ3n) is 3.10. The van der Waals surface area contributed by atoms with Gasteiger partial charge in [-0.1, -0.05) is 40.7 Å². The number of unbranched alkanes of at least 4 members (excludes halogenated alkanes) is 1. The van der Waals surface area contributed by atoms with E-state index in [0.717, 1.165) is 18.9 Å². The molecule has 0 bridgehead atoms. The van der Waals surface area contributed by atoms with Crippen LogP contribution in [0.25, 0.3) is 0 Å². The first-order valence-electron chi connectivity index (χ1n) is 7.23. The molecule has 0 rings (SSSR count). The van der Waals surface area contributed by atoms with E-state index in [0.29, 0.717) is 11.5 Å². The molecule has 0 amide bonds. The molecule has 2 unspecified atom stereocenters. The summed E-state index contributed by atoms with van der Waals surface area (Å²) >= 11 is 0. The molecule has 0 spiro atoms. The highest BCUT2D eigenvalue weighted by Gasteiger charge is 2.18. The minimum absolute atomic E-state index is 0.456. The Morgan fingerprint density at radius 2 is 1.94 bits per heavy atom. The average Bonchev–Trinajstić information content (AvgIpc) is 2.15. The van der Waals surface area contributed by atoms with E-state index >= 15 is 0 Å². The number of allylic oxidation sites excluding steroid dienone is 1. The molecular formula is C16H33N. The standard InChI is InChI=1S/C16H33N/c1-7-9-10-11-15(17-8-2)12-14(3)13-16(4,5)6/h7,14-15,17H,1,8-13H2,2-6H3. The Balaban J connectivity index is 4.00. The van der Waals surface area contributed by atoms with Crippen molar-refractivity contribution in [3.63, 3.8) is 0 Å². The molecule has 1 nitrogen and oxygen atoms in total. The summed E-state index contributed by atoms with van der Waals surface area (Å²) in [6.07, 6.45) is 8.35. The summed E-state index contributed by atoms with van der Waals surface area (Å²) in [4.78, 5) is 0. The topological polar surface area (TPSA) is 12.0 Å². The van der Waals surface area contributed by atoms with Crippen molar-refractivity contribution >= 4 is 0 Å². The molecule has 0 saturated carbocycles. The summed E-state index contributed by atoms with van der Waals surface area (Å²) in [5.41, 5.74) is 0.456. The Bertz CT molecular complexity index is 190. The van der Waals surface area contributed by atoms with Gasteiger partial charge < -0.3 is 5.32 Å². The van der Waals surface area contributed by atoms with Gasteiger partial charge in [0.25, 0.3) is 0 Å². The van der Waals surface area contributed by atoms with E-state index in [1.54, 1.807) is 0 Å². The van der Waals surface area contributed by atoms with Crippen LogP contribution in [0.3, 0.4) is 0 Å². The van der Waals surface area contributed by atoms with Gasteiger partial charge in [0, 0.05) is 6.04 Å². The second-order valence-electron chi connectivity index (χ2n) is 6.58. The summed E-state index contributed by atoms with van der Waals surface area (Å²) in [6.45, 7) is 16.5. The number of hydrogen-bond donors (Lipinski definition) is 1. The van der Waals surface area contributed by atoms with E-state index in [2.05, 4.69) is 46.5 Å². The molecule has 0 aliphatic rings. The van der Waals surface area contributed by atoms with Crippen LogP contribution in [0, 0.1) is 11.3 Å². The fourth-order valence-electron chi connectivity index (χ4n) is 2.71. The summed E-state index contributed by atoms with van der Waals surface area (Å²) in [5.74, 6) is 0.808. The van der Waals surface area contributed by atoms with E-state index in [1.165, 1.54) is 25.7 Å². The van der Waals surface area contributed by atoms with Crippen LogP contribution in [0.2, 0.25) is 0 Å². The number of hydrogen-bond acceptors (Lipinski definition) is 1. The molecule has 0 fully saturated rings. The second-order valence-corrected chi connectivity index (χ2v) is 6.58. The molecule has 0 heterocycles. The van der Waals surface area contributed by atoms with Gasteiger partial charge in [-0.2, -0.15) is 0 Å². The van der Waals surface area contributed by atoms with Gasteiger partial charge in [-0.25, -0.2) is 0 Å². The molecule has 102 valence electrons. The van der Waals surface area contributed by atoms with Crippen LogP contribution in [0.15, 0.2) is 12.7 Å². The summed E-state index contributed by atoms with van der Waals surface area (Å²) < 4.78 is 0. The molecule has 0 aromatic rings. The average molecular weight is 239 g/mol. The van der Waals surface area contributed by atoms with Crippen molar-refractivity contribution < 1.29 is 0 Å². The van der Waals surface area contributed by atoms with E-state index in [1.807, 2.05) is 6.08 Å². The lowest BCUT2D eigenvalue weighted by Gasteiger charge is -2.27. The lowest BCUT2D eigenvalue weighted by atomic mass is 9.82. The lowest BCUT2D eigenvalue weighted by Crippen LogP contribution is -2.31. The van der Waals surface area contributed by atoms with Gasteiger partial charge in [0.1, 0.15) is 0 Å². The zero-order valence-electron chi connectivity index (χ0n) is 12.7. The van der Waals surface area contributed by atoms with Crippen LogP contribution < -0.4 is 5.32 Å². The molecule has 0 aromatic heterocycles. The molecule has 0 aliphatic carbocycles. The molecule has 0 saturated heterocycles. The minimum atomic E-state index is 0.456. The number of nitrogens with one attached hydrogen (secondary N) is 1. The molecule has 0 aliphatic heterocycles. The summed E-state index contributed by atoms with van der Waals surface area (Å²) in [5, 5.41) is 3.62. The maximum atomic E-state index is 3.79. The maximum absolute atomic E-state index is 3.79. The van der Waals surface area contributed by atoms with Crippen molar-refractivity contribution in [2.24, 2.45) is 11.3 Å². The predicted octanol–water partition coefficient (Wildman–Crippen LogP) is 4.78. The van der Waals surface area contributed by atoms with Gasteiger partial charge >= 0.3 is 0 Å². The van der Waals surface area contributed by atoms with Crippen LogP contribution in [-0.2, 0) is 0 Å². The van der Waals surface area contributed by atoms with Crippen molar-refractivity contribution in [3.05, 3.63) is 12.7 Å². The SMILES string of the molecule is C=CCCCC(CC(C)CC(C)(C)C)NCC. The first-order valence-corrected chi connectivity index (χ1v) is 7.23. The van der Waals surface area contributed by atoms with Crippen LogP contribution in [0.5, 0.6) is 0 Å². The Kier molecular flexibility index (Phi) is 8.59. The van der Waals surface area contributed by atoms with E-state index in [9.17, 15) is 0 Å². The Hall–Kier alpha value is -0.300. The second kappa shape index (κ2) is 8.74. The number of rotatable bonds is 9. The van der Waals surface area contributed by atoms with Crippen molar-refractivity contribution in [1.29, 1.82) is 0 Å². The highest BCUT2D eigenvalue weighted by Crippen LogP contribution is 2.27. The molecule has 0 aromatic carbocycles. The highest BCUT2D eigenvalue weighted by molar-refractivity contribution is 4.75. The smallest absolute Gasteiger partial charge is 0.00695 e. The van der Waals surface area contributed by atoms with Crippen LogP contribution in [0.1, 0.15) is 66.7 Å². The minimum Gasteiger partial charge on any atom is -0.314 e. The zero-order valence-corrected chi connectivity index (χ0v) is 12.7. The first-order chi connectivity index (χ1) is 7.89. The predicted molar refractivity (Wildman–Crippen MR) is 79.4 cm³/mol. The molecule has 1 N–H and O–H groups in total. The summed E-state index contributed by atoms with van der Waals surface area (Å²) in [6, 6.07) is 0.692. The highest BCUT2D eigenvalue weighted by atomic mass is 14.9. The zero-order chi connectivity index (χ0) is 13.3. The first kappa shape index (κ1) is 16.7. The molecule has 2 atom stereocenters. The molecule has 0 radical (unpaired) electrons. The third kappa shape index (κ3) is 10.6. The van der Waals surface area contributed by atoms with Crippen molar-refractivity contribution in [1.82, 2.24) is 5.32 Å². The van der Waals surface area contributed by atoms with Gasteiger partial charge in [0.05, 0.1) is 0 Å². The van der Waals surface area contributed by atoms with Crippen molar-refractivity contribution in [2.45, 2.75) is 72.8 Å². The van der Waals surface area contributed by atoms with Crippen LogP contribution in [-0.4, -0.2) is 12.6 Å². The fourth-order valence-corrected chi connectivity index (χ4v) is 2.71.